The molecule has 0 saturated carbocycles. The van der Waals surface area contributed by atoms with Crippen LogP contribution in [0.5, 0.6) is 5.75 Å². The number of carbonyl (C=O) groups is 1. The Morgan fingerprint density at radius 2 is 2.29 bits per heavy atom. The smallest absolute Gasteiger partial charge is 0.328 e. The molecule has 0 bridgehead atoms. The largest absolute Gasteiger partial charge is 0.488 e. The van der Waals surface area contributed by atoms with Gasteiger partial charge in [0.2, 0.25) is 0 Å². The summed E-state index contributed by atoms with van der Waals surface area (Å²) in [4.78, 5) is 10.4. The summed E-state index contributed by atoms with van der Waals surface area (Å²) in [5, 5.41) is 8.49. The quantitative estimate of drug-likeness (QED) is 0.679. The van der Waals surface area contributed by atoms with Crippen LogP contribution in [0.15, 0.2) is 28.3 Å². The van der Waals surface area contributed by atoms with Crippen molar-refractivity contribution in [2.24, 2.45) is 0 Å². The molecule has 0 fully saturated rings. The highest BCUT2D eigenvalue weighted by atomic mass is 79.9. The van der Waals surface area contributed by atoms with E-state index in [9.17, 15) is 9.18 Å². The first-order valence-corrected chi connectivity index (χ1v) is 5.74. The van der Waals surface area contributed by atoms with Crippen molar-refractivity contribution in [3.63, 3.8) is 0 Å². The first-order chi connectivity index (χ1) is 7.90. The second kappa shape index (κ2) is 6.02. The van der Waals surface area contributed by atoms with Crippen molar-refractivity contribution in [1.82, 2.24) is 0 Å². The second-order valence-electron chi connectivity index (χ2n) is 3.31. The summed E-state index contributed by atoms with van der Waals surface area (Å²) in [5.74, 6) is -1.37. The minimum atomic E-state index is -1.05. The van der Waals surface area contributed by atoms with Gasteiger partial charge in [0.1, 0.15) is 18.2 Å². The topological polar surface area (TPSA) is 46.5 Å². The SMILES string of the molecule is C/C(=C/C(=O)O)COc1cc(F)c(Cl)cc1Br. The fourth-order valence-electron chi connectivity index (χ4n) is 1.06. The highest BCUT2D eigenvalue weighted by Gasteiger charge is 2.08. The van der Waals surface area contributed by atoms with E-state index in [1.54, 1.807) is 6.92 Å². The van der Waals surface area contributed by atoms with Crippen molar-refractivity contribution in [1.29, 1.82) is 0 Å². The number of carboxylic acids is 1. The maximum absolute atomic E-state index is 13.2. The maximum atomic E-state index is 13.2. The predicted molar refractivity (Wildman–Crippen MR) is 66.0 cm³/mol. The van der Waals surface area contributed by atoms with E-state index in [0.717, 1.165) is 12.1 Å². The molecule has 0 amide bonds. The Hall–Kier alpha value is -1.07. The Balaban J connectivity index is 2.76. The van der Waals surface area contributed by atoms with Crippen LogP contribution in [0.25, 0.3) is 0 Å². The standard InChI is InChI=1S/C11H9BrClFO3/c1-6(2-11(15)16)5-17-10-4-9(14)8(13)3-7(10)12/h2-4H,5H2,1H3,(H,15,16)/b6-2-. The van der Waals surface area contributed by atoms with Crippen LogP contribution in [0.2, 0.25) is 5.02 Å². The predicted octanol–water partition coefficient (Wildman–Crippen LogP) is 3.65. The lowest BCUT2D eigenvalue weighted by atomic mass is 10.3. The zero-order chi connectivity index (χ0) is 13.0. The average molecular weight is 324 g/mol. The number of halogens is 3. The molecule has 0 radical (unpaired) electrons. The van der Waals surface area contributed by atoms with E-state index >= 15 is 0 Å². The number of benzene rings is 1. The lowest BCUT2D eigenvalue weighted by Crippen LogP contribution is -2.02. The molecule has 17 heavy (non-hydrogen) atoms. The van der Waals surface area contributed by atoms with Gasteiger partial charge in [0.25, 0.3) is 0 Å². The fraction of sp³-hybridized carbons (Fsp3) is 0.182. The van der Waals surface area contributed by atoms with Gasteiger partial charge in [0, 0.05) is 12.1 Å². The molecule has 0 spiro atoms. The van der Waals surface area contributed by atoms with Crippen molar-refractivity contribution < 1.29 is 19.0 Å². The highest BCUT2D eigenvalue weighted by Crippen LogP contribution is 2.30. The third-order valence-electron chi connectivity index (χ3n) is 1.80. The molecule has 0 saturated heterocycles. The summed E-state index contributed by atoms with van der Waals surface area (Å²) in [6.07, 6.45) is 1.03. The van der Waals surface area contributed by atoms with Crippen LogP contribution in [0, 0.1) is 5.82 Å². The van der Waals surface area contributed by atoms with Crippen LogP contribution in [-0.4, -0.2) is 17.7 Å². The molecule has 0 aliphatic carbocycles. The van der Waals surface area contributed by atoms with Crippen LogP contribution in [-0.2, 0) is 4.79 Å². The fourth-order valence-corrected chi connectivity index (χ4v) is 1.81. The van der Waals surface area contributed by atoms with Crippen LogP contribution in [0.4, 0.5) is 4.39 Å². The van der Waals surface area contributed by atoms with E-state index in [2.05, 4.69) is 15.9 Å². The molecule has 1 rings (SSSR count). The van der Waals surface area contributed by atoms with Gasteiger partial charge in [-0.2, -0.15) is 0 Å². The van der Waals surface area contributed by atoms with Crippen LogP contribution >= 0.6 is 27.5 Å². The first kappa shape index (κ1) is 14.0. The number of ether oxygens (including phenoxy) is 1. The van der Waals surface area contributed by atoms with E-state index in [1.807, 2.05) is 0 Å². The summed E-state index contributed by atoms with van der Waals surface area (Å²) in [7, 11) is 0. The summed E-state index contributed by atoms with van der Waals surface area (Å²) in [5.41, 5.74) is 0.514. The van der Waals surface area contributed by atoms with E-state index in [0.29, 0.717) is 10.0 Å². The summed E-state index contributed by atoms with van der Waals surface area (Å²) in [6.45, 7) is 1.67. The molecule has 0 heterocycles. The van der Waals surface area contributed by atoms with Crippen molar-refractivity contribution in [2.75, 3.05) is 6.61 Å². The zero-order valence-corrected chi connectivity index (χ0v) is 11.2. The number of hydrogen-bond acceptors (Lipinski definition) is 2. The summed E-state index contributed by atoms with van der Waals surface area (Å²) in [6, 6.07) is 2.52. The van der Waals surface area contributed by atoms with Gasteiger partial charge in [-0.1, -0.05) is 11.6 Å². The van der Waals surface area contributed by atoms with Crippen molar-refractivity contribution in [2.45, 2.75) is 6.92 Å². The Morgan fingerprint density at radius 3 is 2.88 bits per heavy atom. The van der Waals surface area contributed by atoms with Gasteiger partial charge in [0.15, 0.2) is 0 Å². The molecule has 1 aromatic rings. The molecule has 92 valence electrons. The van der Waals surface area contributed by atoms with E-state index < -0.39 is 11.8 Å². The Kier molecular flexibility index (Phi) is 4.96. The van der Waals surface area contributed by atoms with Crippen molar-refractivity contribution in [3.05, 3.63) is 39.1 Å². The number of carboxylic acid groups (broad SMARTS) is 1. The lowest BCUT2D eigenvalue weighted by molar-refractivity contribution is -0.131. The normalized spacial score (nSPS) is 11.4. The molecule has 1 N–H and O–H groups in total. The molecule has 0 atom stereocenters. The van der Waals surface area contributed by atoms with Gasteiger partial charge in [-0.15, -0.1) is 0 Å². The highest BCUT2D eigenvalue weighted by molar-refractivity contribution is 9.10. The second-order valence-corrected chi connectivity index (χ2v) is 4.58. The van der Waals surface area contributed by atoms with E-state index in [1.165, 1.54) is 6.07 Å². The van der Waals surface area contributed by atoms with Gasteiger partial charge in [-0.3, -0.25) is 0 Å². The van der Waals surface area contributed by atoms with Crippen molar-refractivity contribution in [3.8, 4) is 5.75 Å². The van der Waals surface area contributed by atoms with Gasteiger partial charge < -0.3 is 9.84 Å². The van der Waals surface area contributed by atoms with Crippen LogP contribution in [0.1, 0.15) is 6.92 Å². The average Bonchev–Trinajstić information content (AvgIpc) is 2.20. The van der Waals surface area contributed by atoms with Crippen molar-refractivity contribution >= 4 is 33.5 Å². The first-order valence-electron chi connectivity index (χ1n) is 4.57. The summed E-state index contributed by atoms with van der Waals surface area (Å²) >= 11 is 8.74. The molecular weight excluding hydrogens is 314 g/mol. The van der Waals surface area contributed by atoms with E-state index in [-0.39, 0.29) is 17.4 Å². The molecule has 6 heteroatoms. The van der Waals surface area contributed by atoms with Crippen LogP contribution < -0.4 is 4.74 Å². The van der Waals surface area contributed by atoms with Gasteiger partial charge in [-0.05, 0) is 34.5 Å². The molecule has 3 nitrogen and oxygen atoms in total. The number of aliphatic carboxylic acids is 1. The Labute approximate surface area is 111 Å². The van der Waals surface area contributed by atoms with Gasteiger partial charge in [0.05, 0.1) is 9.50 Å². The number of hydrogen-bond donors (Lipinski definition) is 1. The van der Waals surface area contributed by atoms with Gasteiger partial charge in [-0.25, -0.2) is 9.18 Å². The lowest BCUT2D eigenvalue weighted by Gasteiger charge is -2.09. The maximum Gasteiger partial charge on any atom is 0.328 e. The third kappa shape index (κ3) is 4.36. The molecule has 0 aliphatic heterocycles. The molecule has 0 aliphatic rings. The monoisotopic (exact) mass is 322 g/mol. The minimum Gasteiger partial charge on any atom is -0.488 e. The number of rotatable bonds is 4. The molecular formula is C11H9BrClFO3. The van der Waals surface area contributed by atoms with E-state index in [4.69, 9.17) is 21.4 Å². The third-order valence-corrected chi connectivity index (χ3v) is 2.71. The summed E-state index contributed by atoms with van der Waals surface area (Å²) < 4.78 is 18.9. The molecule has 1 aromatic carbocycles. The Morgan fingerprint density at radius 1 is 1.65 bits per heavy atom. The molecule has 0 aromatic heterocycles. The molecule has 0 unspecified atom stereocenters. The zero-order valence-electron chi connectivity index (χ0n) is 8.84. The Bertz CT molecular complexity index is 474. The van der Waals surface area contributed by atoms with Crippen LogP contribution in [0.3, 0.4) is 0 Å². The van der Waals surface area contributed by atoms with Gasteiger partial charge >= 0.3 is 5.97 Å². The minimum absolute atomic E-state index is 0.0120.